The maximum absolute atomic E-state index is 13.5. The summed E-state index contributed by atoms with van der Waals surface area (Å²) in [5, 5.41) is 14.3. The second kappa shape index (κ2) is 24.7. The van der Waals surface area contributed by atoms with Crippen LogP contribution in [0.5, 0.6) is 11.5 Å². The molecule has 7 unspecified atom stereocenters. The van der Waals surface area contributed by atoms with Crippen molar-refractivity contribution in [3.8, 4) is 17.2 Å². The Balaban J connectivity index is 0.000000138. The van der Waals surface area contributed by atoms with Gasteiger partial charge in [0, 0.05) is 70.7 Å². The van der Waals surface area contributed by atoms with Gasteiger partial charge in [-0.25, -0.2) is 29.9 Å². The lowest BCUT2D eigenvalue weighted by molar-refractivity contribution is -0.166. The Morgan fingerprint density at radius 3 is 1.38 bits per heavy atom. The van der Waals surface area contributed by atoms with E-state index < -0.39 is 117 Å². The molecule has 4 saturated heterocycles. The van der Waals surface area contributed by atoms with E-state index in [2.05, 4.69) is 44.6 Å². The molecule has 7 aromatic rings. The predicted molar refractivity (Wildman–Crippen MR) is 323 cm³/mol. The van der Waals surface area contributed by atoms with Crippen LogP contribution in [0.2, 0.25) is 0 Å². The smallest absolute Gasteiger partial charge is 0.471 e. The molecular formula is C62H59F12N11O15S3. The van der Waals surface area contributed by atoms with Crippen molar-refractivity contribution in [2.75, 3.05) is 71.2 Å². The van der Waals surface area contributed by atoms with Gasteiger partial charge in [-0.15, -0.1) is 0 Å². The van der Waals surface area contributed by atoms with E-state index in [4.69, 9.17) is 18.7 Å². The van der Waals surface area contributed by atoms with Crippen molar-refractivity contribution < 1.29 is 120 Å². The van der Waals surface area contributed by atoms with Gasteiger partial charge in [0.1, 0.15) is 23.0 Å². The highest BCUT2D eigenvalue weighted by molar-refractivity contribution is 7.91. The van der Waals surface area contributed by atoms with E-state index >= 15 is 0 Å². The molecule has 7 atom stereocenters. The van der Waals surface area contributed by atoms with E-state index in [1.807, 2.05) is 0 Å². The van der Waals surface area contributed by atoms with Gasteiger partial charge < -0.3 is 42.5 Å². The monoisotopic (exact) mass is 1520 g/mol. The Labute approximate surface area is 576 Å². The fourth-order valence-corrected chi connectivity index (χ4v) is 15.6. The van der Waals surface area contributed by atoms with E-state index in [1.165, 1.54) is 46.2 Å². The molecular weight excluding hydrogens is 1460 g/mol. The summed E-state index contributed by atoms with van der Waals surface area (Å²) >= 11 is 0. The number of carbonyl (C=O) groups is 3. The van der Waals surface area contributed by atoms with Crippen LogP contribution in [0.15, 0.2) is 95.1 Å². The number of sulfone groups is 3. The highest BCUT2D eigenvalue weighted by atomic mass is 32.2. The van der Waals surface area contributed by atoms with E-state index in [-0.39, 0.29) is 142 Å². The first-order valence-corrected chi connectivity index (χ1v) is 37.2. The van der Waals surface area contributed by atoms with Gasteiger partial charge in [-0.05, 0) is 124 Å². The van der Waals surface area contributed by atoms with Crippen LogP contribution in [0.4, 0.5) is 52.7 Å². The highest BCUT2D eigenvalue weighted by Gasteiger charge is 2.71. The summed E-state index contributed by atoms with van der Waals surface area (Å²) in [6.07, 6.45) is -13.2. The minimum absolute atomic E-state index is 0.00397. The Bertz CT molecular complexity index is 4910. The molecule has 3 aromatic carbocycles. The van der Waals surface area contributed by atoms with Crippen molar-refractivity contribution in [1.82, 2.24) is 54.9 Å². The van der Waals surface area contributed by atoms with E-state index in [0.29, 0.717) is 51.5 Å². The number of hydrogen-bond acceptors (Lipinski definition) is 22. The Morgan fingerprint density at radius 2 is 0.981 bits per heavy atom. The summed E-state index contributed by atoms with van der Waals surface area (Å²) in [6.45, 7) is 5.43. The first kappa shape index (κ1) is 72.6. The van der Waals surface area contributed by atoms with Gasteiger partial charge >= 0.3 is 36.5 Å². The van der Waals surface area contributed by atoms with Crippen LogP contribution in [0.3, 0.4) is 0 Å². The zero-order valence-corrected chi connectivity index (χ0v) is 56.9. The molecule has 8 fully saturated rings. The molecule has 103 heavy (non-hydrogen) atoms. The zero-order valence-electron chi connectivity index (χ0n) is 54.4. The van der Waals surface area contributed by atoms with Crippen molar-refractivity contribution in [3.05, 3.63) is 124 Å². The Hall–Kier alpha value is -8.73. The van der Waals surface area contributed by atoms with E-state index in [9.17, 15) is 92.3 Å². The van der Waals surface area contributed by atoms with Gasteiger partial charge in [0.2, 0.25) is 5.89 Å². The minimum Gasteiger partial charge on any atom is -0.490 e. The van der Waals surface area contributed by atoms with Crippen LogP contribution < -0.4 is 9.47 Å². The first-order valence-electron chi connectivity index (χ1n) is 31.5. The molecule has 0 radical (unpaired) electrons. The Kier molecular flexibility index (Phi) is 17.4. The number of ether oxygens (including phenoxy) is 3. The molecule has 26 nitrogen and oxygen atoms in total. The molecule has 41 heteroatoms. The van der Waals surface area contributed by atoms with Gasteiger partial charge in [0.25, 0.3) is 17.7 Å². The third-order valence-corrected chi connectivity index (χ3v) is 22.9. The SMILES string of the molecule is CC(C)Oc1ccc(S(C)(=O)=O)cc1C(=O)N1CC2CC2(c2noc(C3(C(F)(F)F)CC3)n2)C1.CS(=O)(=O)c1ccc(-n2ccc(C(F)(F)F)n2)c(C(=O)N2CC3CC3(c3noc(C(F)(F)F)n3)C2)c1.CS(=O)(=O)c1ccc(OC2CCOC2)c(C(=O)N2CC3CC3(c3noc(C(F)(F)F)n3)C2)c1. The van der Waals surface area contributed by atoms with Crippen LogP contribution in [0, 0.1) is 17.8 Å². The van der Waals surface area contributed by atoms with E-state index in [0.717, 1.165) is 47.8 Å². The number of amides is 3. The Morgan fingerprint density at radius 1 is 0.553 bits per heavy atom. The van der Waals surface area contributed by atoms with Crippen LogP contribution in [0.25, 0.3) is 5.69 Å². The fourth-order valence-electron chi connectivity index (χ4n) is 13.7. The molecule has 554 valence electrons. The molecule has 0 N–H and O–H groups in total. The van der Waals surface area contributed by atoms with Crippen LogP contribution in [-0.4, -0.2) is 188 Å². The van der Waals surface area contributed by atoms with Crippen LogP contribution >= 0.6 is 0 Å². The molecule has 3 amide bonds. The van der Waals surface area contributed by atoms with Crippen LogP contribution in [-0.2, 0) is 74.4 Å². The number of alkyl halides is 12. The topological polar surface area (TPSA) is 326 Å². The van der Waals surface area contributed by atoms with Gasteiger partial charge in [0.05, 0.1) is 72.6 Å². The fraction of sp³-hybridized carbons (Fsp3) is 0.516. The van der Waals surface area contributed by atoms with Crippen molar-refractivity contribution >= 4 is 47.2 Å². The number of halogens is 12. The van der Waals surface area contributed by atoms with Gasteiger partial charge in [-0.1, -0.05) is 15.5 Å². The molecule has 8 aliphatic rings. The zero-order chi connectivity index (χ0) is 74.5. The number of fused-ring (bicyclic) bond motifs is 3. The summed E-state index contributed by atoms with van der Waals surface area (Å²) in [5.41, 5.74) is -5.81. The lowest BCUT2D eigenvalue weighted by atomic mass is 10.0. The minimum atomic E-state index is -4.83. The summed E-state index contributed by atoms with van der Waals surface area (Å²) in [7, 11) is -10.9. The van der Waals surface area contributed by atoms with Crippen molar-refractivity contribution in [2.24, 2.45) is 17.8 Å². The number of hydrogen-bond donors (Lipinski definition) is 0. The average molecular weight is 1520 g/mol. The van der Waals surface area contributed by atoms with Crippen LogP contribution in [0.1, 0.15) is 124 Å². The first-order chi connectivity index (χ1) is 47.8. The number of aromatic nitrogens is 8. The average Bonchev–Trinajstić information content (AvgIpc) is 1.54. The summed E-state index contributed by atoms with van der Waals surface area (Å²) in [6, 6.07) is 12.3. The summed E-state index contributed by atoms with van der Waals surface area (Å²) < 4.78 is 261. The summed E-state index contributed by atoms with van der Waals surface area (Å²) in [4.78, 5) is 55.4. The van der Waals surface area contributed by atoms with Gasteiger partial charge in [-0.3, -0.25) is 14.4 Å². The standard InChI is InChI=1S/C22H24F3N3O5S.C20H15F6N5O4S.C20H20F3N3O6S/c1-12(2)32-16-5-4-14(34(3,30)31)8-15(16)17(29)28-10-13-9-20(13,11-28)18-26-19(33-27-18)21(6-7-21)22(23,24)25;1-36(33,34)11-2-3-13(31-5-4-14(28-31)19(21,22)23)12(6-11)15(32)30-8-10-7-18(10,9-30)16-27-17(35-29-16)20(24,25)26;1-33(28,29)13-2-3-15(31-12-4-5-30-9-12)14(6-13)16(27)26-8-11-7-19(11,10-26)17-24-18(32-25-17)20(21,22)23/h4-5,8,12-13H,6-7,9-11H2,1-3H3;2-6,10H,7-9H2,1H3;2-3,6,11-12H,4-5,7-10H2,1H3. The normalized spacial score (nSPS) is 24.7. The second-order valence-corrected chi connectivity index (χ2v) is 33.3. The van der Waals surface area contributed by atoms with Gasteiger partial charge in [0.15, 0.2) is 52.7 Å². The number of piperidine rings is 3. The molecule has 4 aliphatic carbocycles. The molecule has 0 bridgehead atoms. The quantitative estimate of drug-likeness (QED) is 0.0868. The molecule has 15 rings (SSSR count). The molecule has 4 aliphatic heterocycles. The maximum atomic E-state index is 13.5. The third kappa shape index (κ3) is 13.8. The van der Waals surface area contributed by atoms with Crippen molar-refractivity contribution in [3.63, 3.8) is 0 Å². The lowest BCUT2D eigenvalue weighted by Crippen LogP contribution is -2.34. The highest BCUT2D eigenvalue weighted by Crippen LogP contribution is 2.63. The molecule has 0 spiro atoms. The molecule has 4 saturated carbocycles. The maximum Gasteiger partial charge on any atom is 0.471 e. The summed E-state index contributed by atoms with van der Waals surface area (Å²) in [5.74, 6) is -4.89. The number of benzene rings is 3. The van der Waals surface area contributed by atoms with Gasteiger partial charge in [-0.2, -0.15) is 72.7 Å². The molecule has 4 aromatic heterocycles. The predicted octanol–water partition coefficient (Wildman–Crippen LogP) is 8.45. The number of nitrogens with zero attached hydrogens (tertiary/aromatic N) is 11. The molecule has 8 heterocycles. The van der Waals surface area contributed by atoms with Crippen molar-refractivity contribution in [1.29, 1.82) is 0 Å². The second-order valence-electron chi connectivity index (χ2n) is 27.3. The number of carbonyl (C=O) groups excluding carboxylic acids is 3. The lowest BCUT2D eigenvalue weighted by Gasteiger charge is -2.23. The number of likely N-dealkylation sites (tertiary alicyclic amines) is 3. The van der Waals surface area contributed by atoms with Crippen molar-refractivity contribution in [2.45, 2.75) is 126 Å². The number of rotatable bonds is 15. The third-order valence-electron chi connectivity index (χ3n) is 19.6. The van der Waals surface area contributed by atoms with E-state index in [1.54, 1.807) is 18.7 Å². The largest absolute Gasteiger partial charge is 0.490 e.